The van der Waals surface area contributed by atoms with Crippen LogP contribution >= 0.6 is 0 Å². The number of benzene rings is 1. The maximum absolute atomic E-state index is 13.4. The minimum Gasteiger partial charge on any atom is -0.357 e. The molecule has 37 heavy (non-hydrogen) atoms. The minimum absolute atomic E-state index is 0.157. The highest BCUT2D eigenvalue weighted by molar-refractivity contribution is 5.81. The molecule has 2 fully saturated rings. The first kappa shape index (κ1) is 23.9. The van der Waals surface area contributed by atoms with Crippen molar-refractivity contribution in [2.45, 2.75) is 45.2 Å². The summed E-state index contributed by atoms with van der Waals surface area (Å²) in [7, 11) is 2.06. The van der Waals surface area contributed by atoms with Gasteiger partial charge in [-0.2, -0.15) is 0 Å². The zero-order chi connectivity index (χ0) is 25.4. The van der Waals surface area contributed by atoms with Crippen LogP contribution in [0.25, 0.3) is 22.6 Å². The molecule has 0 saturated carbocycles. The van der Waals surface area contributed by atoms with Crippen molar-refractivity contribution in [1.82, 2.24) is 28.9 Å². The first-order chi connectivity index (χ1) is 18.0. The Labute approximate surface area is 218 Å². The number of amides is 1. The molecule has 5 heterocycles. The molecule has 192 valence electrons. The lowest BCUT2D eigenvalue weighted by molar-refractivity contribution is -0.138. The predicted molar refractivity (Wildman–Crippen MR) is 146 cm³/mol. The number of carbonyl (C=O) groups is 1. The summed E-state index contributed by atoms with van der Waals surface area (Å²) in [6.45, 7) is 6.69. The van der Waals surface area contributed by atoms with Gasteiger partial charge in [0, 0.05) is 57.2 Å². The van der Waals surface area contributed by atoms with Crippen molar-refractivity contribution in [3.63, 3.8) is 0 Å². The summed E-state index contributed by atoms with van der Waals surface area (Å²) in [5.74, 6) is 1.44. The lowest BCUT2D eigenvalue weighted by Crippen LogP contribution is -2.45. The molecule has 7 nitrogen and oxygen atoms in total. The molecule has 6 rings (SSSR count). The standard InChI is InChI=1S/C30H36N6O/c1-22-6-7-28-27(19-22)32-29(26-5-3-4-13-31-26)36(28)25-11-17-35(18-12-25)30(37)24-9-15-34(16-10-24)21-23-8-14-33(2)20-23/h3-8,13-14,19-20,24-25H,9-12,15-18,21H2,1-2H3. The summed E-state index contributed by atoms with van der Waals surface area (Å²) in [5, 5.41) is 0. The van der Waals surface area contributed by atoms with Gasteiger partial charge in [-0.3, -0.25) is 14.7 Å². The molecule has 0 bridgehead atoms. The van der Waals surface area contributed by atoms with Crippen LogP contribution in [-0.2, 0) is 18.4 Å². The molecule has 0 N–H and O–H groups in total. The lowest BCUT2D eigenvalue weighted by atomic mass is 9.93. The molecule has 2 aliphatic rings. The highest BCUT2D eigenvalue weighted by atomic mass is 16.2. The van der Waals surface area contributed by atoms with E-state index in [4.69, 9.17) is 4.98 Å². The number of piperidine rings is 2. The minimum atomic E-state index is 0.157. The van der Waals surface area contributed by atoms with Gasteiger partial charge in [0.2, 0.25) is 5.91 Å². The summed E-state index contributed by atoms with van der Waals surface area (Å²) >= 11 is 0. The first-order valence-electron chi connectivity index (χ1n) is 13.6. The van der Waals surface area contributed by atoms with Crippen molar-refractivity contribution in [3.8, 4) is 11.5 Å². The highest BCUT2D eigenvalue weighted by Gasteiger charge is 2.32. The average Bonchev–Trinajstić information content (AvgIpc) is 3.52. The lowest BCUT2D eigenvalue weighted by Gasteiger charge is -2.38. The number of aromatic nitrogens is 4. The Morgan fingerprint density at radius 3 is 2.51 bits per heavy atom. The Kier molecular flexibility index (Phi) is 6.55. The molecular formula is C30H36N6O. The molecule has 7 heteroatoms. The van der Waals surface area contributed by atoms with Crippen LogP contribution in [-0.4, -0.2) is 61.0 Å². The largest absolute Gasteiger partial charge is 0.357 e. The number of hydrogen-bond acceptors (Lipinski definition) is 4. The van der Waals surface area contributed by atoms with Gasteiger partial charge in [-0.05, 0) is 87.2 Å². The molecule has 0 atom stereocenters. The Hall–Kier alpha value is -3.45. The van der Waals surface area contributed by atoms with E-state index in [9.17, 15) is 4.79 Å². The molecule has 2 saturated heterocycles. The number of rotatable bonds is 5. The van der Waals surface area contributed by atoms with Crippen LogP contribution in [0.3, 0.4) is 0 Å². The molecule has 0 spiro atoms. The first-order valence-corrected chi connectivity index (χ1v) is 13.6. The molecule has 0 aliphatic carbocycles. The third-order valence-electron chi connectivity index (χ3n) is 8.12. The molecule has 3 aromatic heterocycles. The van der Waals surface area contributed by atoms with Crippen molar-refractivity contribution < 1.29 is 4.79 Å². The van der Waals surface area contributed by atoms with Crippen LogP contribution in [0.1, 0.15) is 42.9 Å². The Morgan fingerprint density at radius 2 is 1.81 bits per heavy atom. The number of hydrogen-bond donors (Lipinski definition) is 0. The van der Waals surface area contributed by atoms with Gasteiger partial charge >= 0.3 is 0 Å². The summed E-state index contributed by atoms with van der Waals surface area (Å²) in [6.07, 6.45) is 9.92. The quantitative estimate of drug-likeness (QED) is 0.398. The normalized spacial score (nSPS) is 18.1. The van der Waals surface area contributed by atoms with Gasteiger partial charge in [-0.1, -0.05) is 12.1 Å². The summed E-state index contributed by atoms with van der Waals surface area (Å²) in [4.78, 5) is 27.6. The fourth-order valence-electron chi connectivity index (χ4n) is 6.11. The van der Waals surface area contributed by atoms with Gasteiger partial charge in [0.1, 0.15) is 5.69 Å². The molecule has 0 radical (unpaired) electrons. The van der Waals surface area contributed by atoms with Crippen molar-refractivity contribution in [2.75, 3.05) is 26.2 Å². The number of fused-ring (bicyclic) bond motifs is 1. The van der Waals surface area contributed by atoms with Crippen molar-refractivity contribution in [1.29, 1.82) is 0 Å². The second-order valence-corrected chi connectivity index (χ2v) is 10.8. The van der Waals surface area contributed by atoms with Crippen LogP contribution in [0.2, 0.25) is 0 Å². The van der Waals surface area contributed by atoms with Crippen LogP contribution in [0.5, 0.6) is 0 Å². The van der Waals surface area contributed by atoms with E-state index in [0.717, 1.165) is 81.0 Å². The smallest absolute Gasteiger partial charge is 0.225 e. The van der Waals surface area contributed by atoms with Crippen LogP contribution in [0.15, 0.2) is 61.1 Å². The molecule has 1 amide bonds. The van der Waals surface area contributed by atoms with E-state index >= 15 is 0 Å². The van der Waals surface area contributed by atoms with Gasteiger partial charge in [-0.15, -0.1) is 0 Å². The Morgan fingerprint density at radius 1 is 1.00 bits per heavy atom. The van der Waals surface area contributed by atoms with Crippen LogP contribution in [0.4, 0.5) is 0 Å². The fourth-order valence-corrected chi connectivity index (χ4v) is 6.11. The molecule has 1 aromatic carbocycles. The molecule has 0 unspecified atom stereocenters. The van der Waals surface area contributed by atoms with Crippen LogP contribution < -0.4 is 0 Å². The van der Waals surface area contributed by atoms with Gasteiger partial charge in [0.25, 0.3) is 0 Å². The second-order valence-electron chi connectivity index (χ2n) is 10.8. The van der Waals surface area contributed by atoms with Gasteiger partial charge < -0.3 is 14.0 Å². The van der Waals surface area contributed by atoms with E-state index in [0.29, 0.717) is 11.9 Å². The fraction of sp³-hybridized carbons (Fsp3) is 0.433. The van der Waals surface area contributed by atoms with Crippen molar-refractivity contribution in [2.24, 2.45) is 13.0 Å². The molecule has 4 aromatic rings. The predicted octanol–water partition coefficient (Wildman–Crippen LogP) is 4.82. The summed E-state index contributed by atoms with van der Waals surface area (Å²) in [5.41, 5.74) is 5.63. The van der Waals surface area contributed by atoms with E-state index in [2.05, 4.69) is 74.5 Å². The molecule has 2 aliphatic heterocycles. The van der Waals surface area contributed by atoms with Gasteiger partial charge in [0.05, 0.1) is 11.0 Å². The number of carbonyl (C=O) groups excluding carboxylic acids is 1. The Balaban J connectivity index is 1.11. The second kappa shape index (κ2) is 10.1. The van der Waals surface area contributed by atoms with E-state index in [1.54, 1.807) is 0 Å². The van der Waals surface area contributed by atoms with Gasteiger partial charge in [-0.25, -0.2) is 4.98 Å². The number of imidazole rings is 1. The highest BCUT2D eigenvalue weighted by Crippen LogP contribution is 2.34. The topological polar surface area (TPSA) is 59.2 Å². The van der Waals surface area contributed by atoms with Crippen molar-refractivity contribution in [3.05, 3.63) is 72.2 Å². The van der Waals surface area contributed by atoms with E-state index in [1.807, 2.05) is 24.4 Å². The SMILES string of the molecule is Cc1ccc2c(c1)nc(-c1ccccn1)n2C1CCN(C(=O)C2CCN(Cc3ccn(C)c3)CC2)CC1. The maximum Gasteiger partial charge on any atom is 0.225 e. The van der Waals surface area contributed by atoms with E-state index in [-0.39, 0.29) is 5.92 Å². The van der Waals surface area contributed by atoms with E-state index in [1.165, 1.54) is 11.1 Å². The average molecular weight is 497 g/mol. The third-order valence-corrected chi connectivity index (χ3v) is 8.12. The zero-order valence-electron chi connectivity index (χ0n) is 21.9. The number of nitrogens with zero attached hydrogens (tertiary/aromatic N) is 6. The number of likely N-dealkylation sites (tertiary alicyclic amines) is 2. The summed E-state index contributed by atoms with van der Waals surface area (Å²) < 4.78 is 4.48. The van der Waals surface area contributed by atoms with Crippen molar-refractivity contribution >= 4 is 16.9 Å². The monoisotopic (exact) mass is 496 g/mol. The van der Waals surface area contributed by atoms with Crippen LogP contribution in [0, 0.1) is 12.8 Å². The van der Waals surface area contributed by atoms with Gasteiger partial charge in [0.15, 0.2) is 5.82 Å². The maximum atomic E-state index is 13.4. The van der Waals surface area contributed by atoms with E-state index < -0.39 is 0 Å². The Bertz CT molecular complexity index is 1370. The number of aryl methyl sites for hydroxylation is 2. The molecular weight excluding hydrogens is 460 g/mol. The zero-order valence-corrected chi connectivity index (χ0v) is 21.9. The summed E-state index contributed by atoms with van der Waals surface area (Å²) in [6, 6.07) is 15.0. The third kappa shape index (κ3) is 4.92. The number of pyridine rings is 1.